The molecule has 0 spiro atoms. The van der Waals surface area contributed by atoms with Crippen molar-refractivity contribution in [3.8, 4) is 11.1 Å². The fourth-order valence-corrected chi connectivity index (χ4v) is 4.58. The van der Waals surface area contributed by atoms with E-state index in [0.717, 1.165) is 22.3 Å². The van der Waals surface area contributed by atoms with Crippen LogP contribution in [0.5, 0.6) is 0 Å². The number of anilines is 1. The van der Waals surface area contributed by atoms with Crippen molar-refractivity contribution < 1.29 is 19.2 Å². The molecular weight excluding hydrogens is 458 g/mol. The van der Waals surface area contributed by atoms with Crippen LogP contribution in [-0.2, 0) is 22.7 Å². The zero-order valence-corrected chi connectivity index (χ0v) is 19.7. The largest absolute Gasteiger partial charge is 0.334 e. The zero-order chi connectivity index (χ0) is 25.3. The summed E-state index contributed by atoms with van der Waals surface area (Å²) in [6, 6.07) is 16.4. The summed E-state index contributed by atoms with van der Waals surface area (Å²) in [6.45, 7) is 2.24. The van der Waals surface area contributed by atoms with E-state index in [1.54, 1.807) is 31.5 Å². The average molecular weight is 484 g/mol. The Kier molecular flexibility index (Phi) is 5.97. The van der Waals surface area contributed by atoms with Crippen molar-refractivity contribution >= 4 is 29.4 Å². The highest BCUT2D eigenvalue weighted by Crippen LogP contribution is 2.34. The van der Waals surface area contributed by atoms with Gasteiger partial charge in [0.25, 0.3) is 11.8 Å². The van der Waals surface area contributed by atoms with Crippen LogP contribution in [0.3, 0.4) is 0 Å². The second kappa shape index (κ2) is 9.26. The lowest BCUT2D eigenvalue weighted by Gasteiger charge is -2.39. The van der Waals surface area contributed by atoms with Crippen LogP contribution in [-0.4, -0.2) is 39.2 Å². The fourth-order valence-electron chi connectivity index (χ4n) is 4.58. The molecule has 1 saturated heterocycles. The molecular formula is C27H25N5O4. The molecule has 0 bridgehead atoms. The standard InChI is InChI=1S/C27H25N5O4/c1-27(11-8-23(33)31-25(27)35)32-16-20-14-17(2-7-22(20)24(32)34)15-29-26(36)30-21-5-3-18(4-6-21)19-9-12-28-13-10-19/h2-7,9-10,12-14H,8,11,15-16H2,1H3,(H2,29,30,36)(H,31,33,35). The van der Waals surface area contributed by atoms with Crippen molar-refractivity contribution in [1.82, 2.24) is 20.5 Å². The summed E-state index contributed by atoms with van der Waals surface area (Å²) >= 11 is 0. The van der Waals surface area contributed by atoms with Gasteiger partial charge in [-0.15, -0.1) is 0 Å². The summed E-state index contributed by atoms with van der Waals surface area (Å²) < 4.78 is 0. The van der Waals surface area contributed by atoms with Crippen LogP contribution < -0.4 is 16.0 Å². The minimum absolute atomic E-state index is 0.194. The SMILES string of the molecule is CC1(N2Cc3cc(CNC(=O)Nc4ccc(-c5ccncc5)cc4)ccc3C2=O)CCC(=O)NC1=O. The zero-order valence-electron chi connectivity index (χ0n) is 19.7. The summed E-state index contributed by atoms with van der Waals surface area (Å²) in [5, 5.41) is 7.99. The molecule has 9 nitrogen and oxygen atoms in total. The molecule has 3 heterocycles. The van der Waals surface area contributed by atoms with Gasteiger partial charge in [-0.05, 0) is 65.9 Å². The number of amides is 5. The molecule has 9 heteroatoms. The van der Waals surface area contributed by atoms with Crippen LogP contribution in [0.4, 0.5) is 10.5 Å². The molecule has 1 atom stereocenters. The maximum atomic E-state index is 13.0. The van der Waals surface area contributed by atoms with E-state index < -0.39 is 11.4 Å². The van der Waals surface area contributed by atoms with E-state index in [1.807, 2.05) is 42.5 Å². The minimum Gasteiger partial charge on any atom is -0.334 e. The summed E-state index contributed by atoms with van der Waals surface area (Å²) in [5.74, 6) is -1.00. The number of hydrogen-bond donors (Lipinski definition) is 3. The number of benzene rings is 2. The first kappa shape index (κ1) is 23.2. The van der Waals surface area contributed by atoms with Crippen molar-refractivity contribution in [1.29, 1.82) is 0 Å². The molecule has 2 aromatic carbocycles. The number of pyridine rings is 1. The van der Waals surface area contributed by atoms with E-state index in [-0.39, 0.29) is 43.8 Å². The van der Waals surface area contributed by atoms with Gasteiger partial charge in [0.2, 0.25) is 5.91 Å². The van der Waals surface area contributed by atoms with Crippen LogP contribution in [0.2, 0.25) is 0 Å². The first-order chi connectivity index (χ1) is 17.3. The third-order valence-electron chi connectivity index (χ3n) is 6.76. The van der Waals surface area contributed by atoms with Crippen LogP contribution in [0.25, 0.3) is 11.1 Å². The number of rotatable bonds is 5. The first-order valence-electron chi connectivity index (χ1n) is 11.7. The third kappa shape index (κ3) is 4.43. The molecule has 5 amide bonds. The van der Waals surface area contributed by atoms with Crippen LogP contribution >= 0.6 is 0 Å². The molecule has 1 fully saturated rings. The molecule has 2 aliphatic rings. The van der Waals surface area contributed by atoms with Gasteiger partial charge >= 0.3 is 6.03 Å². The summed E-state index contributed by atoms with van der Waals surface area (Å²) in [7, 11) is 0. The smallest absolute Gasteiger partial charge is 0.319 e. The van der Waals surface area contributed by atoms with E-state index in [2.05, 4.69) is 20.9 Å². The van der Waals surface area contributed by atoms with Crippen molar-refractivity contribution in [2.75, 3.05) is 5.32 Å². The molecule has 182 valence electrons. The number of carbonyl (C=O) groups excluding carboxylic acids is 4. The number of urea groups is 1. The Labute approximate surface area is 207 Å². The highest BCUT2D eigenvalue weighted by molar-refractivity contribution is 6.07. The second-order valence-corrected chi connectivity index (χ2v) is 9.15. The van der Waals surface area contributed by atoms with Gasteiger partial charge in [0.05, 0.1) is 0 Å². The summed E-state index contributed by atoms with van der Waals surface area (Å²) in [6.07, 6.45) is 3.95. The van der Waals surface area contributed by atoms with Crippen molar-refractivity contribution in [2.24, 2.45) is 0 Å². The van der Waals surface area contributed by atoms with Gasteiger partial charge in [0.15, 0.2) is 0 Å². The molecule has 0 aliphatic carbocycles. The van der Waals surface area contributed by atoms with Gasteiger partial charge < -0.3 is 15.5 Å². The molecule has 3 N–H and O–H groups in total. The predicted molar refractivity (Wildman–Crippen MR) is 133 cm³/mol. The Bertz CT molecular complexity index is 1360. The van der Waals surface area contributed by atoms with E-state index in [0.29, 0.717) is 11.3 Å². The van der Waals surface area contributed by atoms with Crippen LogP contribution in [0.1, 0.15) is 41.3 Å². The number of nitrogens with zero attached hydrogens (tertiary/aromatic N) is 2. The summed E-state index contributed by atoms with van der Waals surface area (Å²) in [5.41, 5.74) is 3.81. The fraction of sp³-hybridized carbons (Fsp3) is 0.222. The van der Waals surface area contributed by atoms with E-state index in [1.165, 1.54) is 4.90 Å². The highest BCUT2D eigenvalue weighted by atomic mass is 16.2. The van der Waals surface area contributed by atoms with Crippen molar-refractivity contribution in [3.05, 3.63) is 83.7 Å². The van der Waals surface area contributed by atoms with Crippen LogP contribution in [0, 0.1) is 0 Å². The molecule has 5 rings (SSSR count). The average Bonchev–Trinajstić information content (AvgIpc) is 3.22. The lowest BCUT2D eigenvalue weighted by Crippen LogP contribution is -2.61. The van der Waals surface area contributed by atoms with Gasteiger partial charge in [0, 0.05) is 43.2 Å². The normalized spacial score (nSPS) is 19.0. The highest BCUT2D eigenvalue weighted by Gasteiger charge is 2.48. The second-order valence-electron chi connectivity index (χ2n) is 9.15. The third-order valence-corrected chi connectivity index (χ3v) is 6.76. The van der Waals surface area contributed by atoms with Crippen molar-refractivity contribution in [2.45, 2.75) is 38.4 Å². The Morgan fingerprint density at radius 3 is 2.47 bits per heavy atom. The molecule has 2 aliphatic heterocycles. The topological polar surface area (TPSA) is 120 Å². The lowest BCUT2D eigenvalue weighted by atomic mass is 9.89. The van der Waals surface area contributed by atoms with Gasteiger partial charge in [-0.25, -0.2) is 4.79 Å². The maximum absolute atomic E-state index is 13.0. The first-order valence-corrected chi connectivity index (χ1v) is 11.7. The number of piperidine rings is 1. The van der Waals surface area contributed by atoms with Crippen molar-refractivity contribution in [3.63, 3.8) is 0 Å². The number of imide groups is 1. The number of hydrogen-bond acceptors (Lipinski definition) is 5. The molecule has 0 radical (unpaired) electrons. The molecule has 36 heavy (non-hydrogen) atoms. The Morgan fingerprint density at radius 1 is 1.03 bits per heavy atom. The van der Waals surface area contributed by atoms with Gasteiger partial charge in [-0.1, -0.05) is 24.3 Å². The number of aromatic nitrogens is 1. The Balaban J connectivity index is 1.19. The summed E-state index contributed by atoms with van der Waals surface area (Å²) in [4.78, 5) is 55.0. The van der Waals surface area contributed by atoms with E-state index in [9.17, 15) is 19.2 Å². The molecule has 1 aromatic heterocycles. The monoisotopic (exact) mass is 483 g/mol. The molecule has 0 saturated carbocycles. The lowest BCUT2D eigenvalue weighted by molar-refractivity contribution is -0.142. The Morgan fingerprint density at radius 2 is 1.75 bits per heavy atom. The number of carbonyl (C=O) groups is 4. The van der Waals surface area contributed by atoms with Gasteiger partial charge in [-0.2, -0.15) is 0 Å². The van der Waals surface area contributed by atoms with Crippen LogP contribution in [0.15, 0.2) is 67.0 Å². The predicted octanol–water partition coefficient (Wildman–Crippen LogP) is 3.22. The quantitative estimate of drug-likeness (QED) is 0.481. The minimum atomic E-state index is -1.07. The van der Waals surface area contributed by atoms with Gasteiger partial charge in [0.1, 0.15) is 5.54 Å². The number of fused-ring (bicyclic) bond motifs is 1. The Hall–Kier alpha value is -4.53. The number of nitrogens with one attached hydrogen (secondary N) is 3. The molecule has 1 unspecified atom stereocenters. The van der Waals surface area contributed by atoms with Gasteiger partial charge in [-0.3, -0.25) is 24.7 Å². The maximum Gasteiger partial charge on any atom is 0.319 e. The van der Waals surface area contributed by atoms with E-state index in [4.69, 9.17) is 0 Å². The van der Waals surface area contributed by atoms with E-state index >= 15 is 0 Å². The molecule has 3 aromatic rings.